The molecular weight excluding hydrogens is 176 g/mol. The Bertz CT molecular complexity index is 179. The molecule has 0 radical (unpaired) electrons. The van der Waals surface area contributed by atoms with Crippen LogP contribution in [-0.2, 0) is 9.47 Å². The summed E-state index contributed by atoms with van der Waals surface area (Å²) in [6, 6.07) is 0. The first-order valence-corrected chi connectivity index (χ1v) is 5.47. The maximum atomic E-state index is 5.41. The second-order valence-corrected chi connectivity index (χ2v) is 4.93. The van der Waals surface area contributed by atoms with Crippen molar-refractivity contribution in [1.29, 1.82) is 0 Å². The summed E-state index contributed by atoms with van der Waals surface area (Å²) in [7, 11) is 0. The Kier molecular flexibility index (Phi) is 4.46. The van der Waals surface area contributed by atoms with E-state index in [4.69, 9.17) is 9.47 Å². The van der Waals surface area contributed by atoms with Crippen molar-refractivity contribution in [2.24, 2.45) is 11.3 Å². The molecule has 1 rings (SSSR count). The van der Waals surface area contributed by atoms with Crippen molar-refractivity contribution in [1.82, 2.24) is 0 Å². The van der Waals surface area contributed by atoms with Gasteiger partial charge in [0.05, 0.1) is 12.9 Å². The van der Waals surface area contributed by atoms with Crippen LogP contribution in [0.25, 0.3) is 0 Å². The predicted molar refractivity (Wildman–Crippen MR) is 58.1 cm³/mol. The van der Waals surface area contributed by atoms with Crippen LogP contribution in [0.3, 0.4) is 0 Å². The predicted octanol–water partition coefficient (Wildman–Crippen LogP) is 2.99. The van der Waals surface area contributed by atoms with Gasteiger partial charge in [-0.1, -0.05) is 20.8 Å². The third-order valence-electron chi connectivity index (χ3n) is 2.67. The van der Waals surface area contributed by atoms with Crippen LogP contribution >= 0.6 is 0 Å². The van der Waals surface area contributed by atoms with E-state index in [1.165, 1.54) is 6.42 Å². The molecule has 2 heteroatoms. The van der Waals surface area contributed by atoms with Crippen LogP contribution in [0.15, 0.2) is 12.3 Å². The molecule has 0 fully saturated rings. The van der Waals surface area contributed by atoms with Crippen LogP contribution in [0, 0.1) is 11.3 Å². The normalized spacial score (nSPS) is 27.8. The number of hydrogen-bond acceptors (Lipinski definition) is 2. The monoisotopic (exact) mass is 198 g/mol. The molecule has 0 saturated carbocycles. The Morgan fingerprint density at radius 1 is 1.14 bits per heavy atom. The maximum absolute atomic E-state index is 5.41. The third-order valence-corrected chi connectivity index (χ3v) is 2.67. The molecule has 82 valence electrons. The fourth-order valence-corrected chi connectivity index (χ4v) is 1.65. The van der Waals surface area contributed by atoms with Gasteiger partial charge in [-0.3, -0.25) is 0 Å². The van der Waals surface area contributed by atoms with Gasteiger partial charge in [0.15, 0.2) is 0 Å². The maximum Gasteiger partial charge on any atom is 0.111 e. The molecule has 1 aliphatic rings. The zero-order valence-electron chi connectivity index (χ0n) is 9.58. The van der Waals surface area contributed by atoms with Crippen LogP contribution in [-0.4, -0.2) is 19.8 Å². The van der Waals surface area contributed by atoms with E-state index in [1.807, 2.05) is 6.26 Å². The molecule has 1 atom stereocenters. The van der Waals surface area contributed by atoms with E-state index < -0.39 is 0 Å². The van der Waals surface area contributed by atoms with Crippen molar-refractivity contribution in [3.8, 4) is 0 Å². The molecule has 2 nitrogen and oxygen atoms in total. The topological polar surface area (TPSA) is 18.5 Å². The highest BCUT2D eigenvalue weighted by atomic mass is 16.5. The molecule has 0 aromatic rings. The minimum Gasteiger partial charge on any atom is -0.499 e. The molecule has 0 aromatic carbocycles. The standard InChI is InChI=1S/C12H22O2/c1-12(2,3)11-5-4-7-13-9-10-14-8-6-11/h6,8,11H,4-5,7,9-10H2,1-3H3/b8-6-. The van der Waals surface area contributed by atoms with E-state index in [0.29, 0.717) is 24.5 Å². The number of allylic oxidation sites excluding steroid dienone is 1. The Hall–Kier alpha value is -0.500. The number of rotatable bonds is 0. The van der Waals surface area contributed by atoms with Gasteiger partial charge in [-0.2, -0.15) is 0 Å². The first-order chi connectivity index (χ1) is 6.61. The van der Waals surface area contributed by atoms with Gasteiger partial charge >= 0.3 is 0 Å². The van der Waals surface area contributed by atoms with Gasteiger partial charge in [-0.15, -0.1) is 0 Å². The fourth-order valence-electron chi connectivity index (χ4n) is 1.65. The molecule has 0 aromatic heterocycles. The lowest BCUT2D eigenvalue weighted by Crippen LogP contribution is -2.20. The molecule has 0 N–H and O–H groups in total. The lowest BCUT2D eigenvalue weighted by molar-refractivity contribution is 0.0734. The minimum atomic E-state index is 0.319. The van der Waals surface area contributed by atoms with Crippen molar-refractivity contribution in [3.63, 3.8) is 0 Å². The number of hydrogen-bond donors (Lipinski definition) is 0. The molecule has 0 saturated heterocycles. The highest BCUT2D eigenvalue weighted by molar-refractivity contribution is 4.90. The van der Waals surface area contributed by atoms with Gasteiger partial charge in [0.1, 0.15) is 6.61 Å². The van der Waals surface area contributed by atoms with Crippen molar-refractivity contribution < 1.29 is 9.47 Å². The molecule has 0 aliphatic carbocycles. The Morgan fingerprint density at radius 2 is 1.93 bits per heavy atom. The van der Waals surface area contributed by atoms with Crippen molar-refractivity contribution in [3.05, 3.63) is 12.3 Å². The Labute approximate surface area is 87.3 Å². The van der Waals surface area contributed by atoms with E-state index in [1.54, 1.807) is 0 Å². The van der Waals surface area contributed by atoms with Gasteiger partial charge in [-0.05, 0) is 30.3 Å². The van der Waals surface area contributed by atoms with Gasteiger partial charge in [0.2, 0.25) is 0 Å². The molecular formula is C12H22O2. The van der Waals surface area contributed by atoms with E-state index in [2.05, 4.69) is 26.8 Å². The van der Waals surface area contributed by atoms with E-state index in [-0.39, 0.29) is 0 Å². The van der Waals surface area contributed by atoms with Crippen molar-refractivity contribution >= 4 is 0 Å². The quantitative estimate of drug-likeness (QED) is 0.595. The lowest BCUT2D eigenvalue weighted by atomic mass is 9.78. The summed E-state index contributed by atoms with van der Waals surface area (Å²) in [6.07, 6.45) is 6.37. The Balaban J connectivity index is 2.52. The number of ether oxygens (including phenoxy) is 2. The summed E-state index contributed by atoms with van der Waals surface area (Å²) in [4.78, 5) is 0. The highest BCUT2D eigenvalue weighted by Gasteiger charge is 2.21. The SMILES string of the molecule is CC(C)(C)C1/C=C\OCCOCCC1. The average Bonchev–Trinajstić information content (AvgIpc) is 2.12. The van der Waals surface area contributed by atoms with E-state index in [9.17, 15) is 0 Å². The summed E-state index contributed by atoms with van der Waals surface area (Å²) < 4.78 is 10.7. The summed E-state index contributed by atoms with van der Waals surface area (Å²) in [5.74, 6) is 0.587. The van der Waals surface area contributed by atoms with Crippen molar-refractivity contribution in [2.45, 2.75) is 33.6 Å². The molecule has 0 spiro atoms. The van der Waals surface area contributed by atoms with E-state index >= 15 is 0 Å². The zero-order valence-corrected chi connectivity index (χ0v) is 9.58. The third kappa shape index (κ3) is 4.14. The van der Waals surface area contributed by atoms with E-state index in [0.717, 1.165) is 13.0 Å². The largest absolute Gasteiger partial charge is 0.499 e. The second-order valence-electron chi connectivity index (χ2n) is 4.93. The summed E-state index contributed by atoms with van der Waals surface area (Å²) in [5, 5.41) is 0. The fraction of sp³-hybridized carbons (Fsp3) is 0.833. The van der Waals surface area contributed by atoms with Crippen molar-refractivity contribution in [2.75, 3.05) is 19.8 Å². The average molecular weight is 198 g/mol. The van der Waals surface area contributed by atoms with Gasteiger partial charge in [0, 0.05) is 6.61 Å². The summed E-state index contributed by atoms with van der Waals surface area (Å²) >= 11 is 0. The molecule has 0 amide bonds. The Morgan fingerprint density at radius 3 is 2.64 bits per heavy atom. The lowest BCUT2D eigenvalue weighted by Gasteiger charge is -2.28. The first-order valence-electron chi connectivity index (χ1n) is 5.47. The zero-order chi connectivity index (χ0) is 10.4. The van der Waals surface area contributed by atoms with Crippen LogP contribution in [0.2, 0.25) is 0 Å². The van der Waals surface area contributed by atoms with Crippen LogP contribution < -0.4 is 0 Å². The summed E-state index contributed by atoms with van der Waals surface area (Å²) in [5.41, 5.74) is 0.319. The summed E-state index contributed by atoms with van der Waals surface area (Å²) in [6.45, 7) is 9.07. The van der Waals surface area contributed by atoms with Gasteiger partial charge < -0.3 is 9.47 Å². The molecule has 0 bridgehead atoms. The highest BCUT2D eigenvalue weighted by Crippen LogP contribution is 2.31. The van der Waals surface area contributed by atoms with Crippen LogP contribution in [0.1, 0.15) is 33.6 Å². The van der Waals surface area contributed by atoms with Gasteiger partial charge in [0.25, 0.3) is 0 Å². The second kappa shape index (κ2) is 5.40. The van der Waals surface area contributed by atoms with Crippen LogP contribution in [0.5, 0.6) is 0 Å². The molecule has 1 heterocycles. The molecule has 14 heavy (non-hydrogen) atoms. The first kappa shape index (κ1) is 11.6. The molecule has 1 unspecified atom stereocenters. The molecule has 1 aliphatic heterocycles. The smallest absolute Gasteiger partial charge is 0.111 e. The van der Waals surface area contributed by atoms with Crippen LogP contribution in [0.4, 0.5) is 0 Å². The minimum absolute atomic E-state index is 0.319. The van der Waals surface area contributed by atoms with Gasteiger partial charge in [-0.25, -0.2) is 0 Å².